The third-order valence-electron chi connectivity index (χ3n) is 29.2. The first kappa shape index (κ1) is 83.4. The van der Waals surface area contributed by atoms with Gasteiger partial charge in [-0.25, -0.2) is 0 Å². The molecule has 672 valence electrons. The van der Waals surface area contributed by atoms with Gasteiger partial charge < -0.3 is 17.7 Å². The topological polar surface area (TPSA) is 52.6 Å². The van der Waals surface area contributed by atoms with Gasteiger partial charge >= 0.3 is 0 Å². The summed E-state index contributed by atoms with van der Waals surface area (Å²) >= 11 is 7.45. The largest absolute Gasteiger partial charge is 0.456 e. The van der Waals surface area contributed by atoms with Gasteiger partial charge in [0.25, 0.3) is 0 Å². The van der Waals surface area contributed by atoms with E-state index in [9.17, 15) is 0 Å². The van der Waals surface area contributed by atoms with Crippen LogP contribution in [-0.2, 0) is 0 Å². The van der Waals surface area contributed by atoms with Crippen molar-refractivity contribution in [3.05, 3.63) is 485 Å². The van der Waals surface area contributed by atoms with Crippen LogP contribution >= 0.6 is 45.3 Å². The number of hydrogen-bond donors (Lipinski definition) is 0. The summed E-state index contributed by atoms with van der Waals surface area (Å²) in [5.41, 5.74) is 15.2. The highest BCUT2D eigenvalue weighted by Gasteiger charge is 2.23. The summed E-state index contributed by atoms with van der Waals surface area (Å²) in [4.78, 5) is 7.70. The van der Waals surface area contributed by atoms with Crippen molar-refractivity contribution in [1.82, 2.24) is 0 Å². The summed E-state index contributed by atoms with van der Waals surface area (Å²) in [6.45, 7) is 0. The van der Waals surface area contributed by atoms with E-state index in [1.165, 1.54) is 234 Å². The fraction of sp³-hybridized carbons (Fsp3) is 0. The van der Waals surface area contributed by atoms with Gasteiger partial charge in [0, 0.05) is 104 Å². The number of rotatable bonds is 8. The minimum atomic E-state index is 0.848. The zero-order chi connectivity index (χ0) is 94.6. The quantitative estimate of drug-likeness (QED) is 0.142. The van der Waals surface area contributed by atoms with E-state index in [4.69, 9.17) is 17.7 Å². The number of thiophene rings is 4. The molecule has 0 aliphatic rings. The molecule has 8 heteroatoms. The Bertz CT molecular complexity index is 10100. The highest BCUT2D eigenvalue weighted by Crippen LogP contribution is 2.51. The van der Waals surface area contributed by atoms with Gasteiger partial charge in [-0.15, -0.1) is 45.3 Å². The minimum Gasteiger partial charge on any atom is -0.456 e. The van der Waals surface area contributed by atoms with E-state index in [1.807, 2.05) is 93.9 Å². The summed E-state index contributed by atoms with van der Waals surface area (Å²) in [6, 6.07) is 174. The summed E-state index contributed by atoms with van der Waals surface area (Å²) in [6.07, 6.45) is 0. The van der Waals surface area contributed by atoms with Gasteiger partial charge in [-0.3, -0.25) is 0 Å². The van der Waals surface area contributed by atoms with E-state index in [-0.39, 0.29) is 0 Å². The first-order valence-electron chi connectivity index (χ1n) is 48.8. The van der Waals surface area contributed by atoms with Crippen LogP contribution in [0.4, 0.5) is 0 Å². The first-order chi connectivity index (χ1) is 71.4. The van der Waals surface area contributed by atoms with E-state index in [0.717, 1.165) is 66.9 Å². The molecule has 4 nitrogen and oxygen atoms in total. The fourth-order valence-electron chi connectivity index (χ4n) is 22.5. The number of fused-ring (bicyclic) bond motifs is 36. The lowest BCUT2D eigenvalue weighted by molar-refractivity contribution is 0.597. The molecule has 24 aromatic carbocycles. The summed E-state index contributed by atoms with van der Waals surface area (Å²) in [7, 11) is 0. The molecule has 0 unspecified atom stereocenters. The lowest BCUT2D eigenvalue weighted by atomic mass is 9.93. The van der Waals surface area contributed by atoms with Crippen LogP contribution in [0.5, 0.6) is 0 Å². The second-order valence-electron chi connectivity index (χ2n) is 37.2. The van der Waals surface area contributed by atoms with Crippen molar-refractivity contribution in [2.24, 2.45) is 0 Å². The standard InChI is InChI=1S/C34H20O2.2C34H20OS.C34H20S2/c1-2-9-25-23(7-1)24-8-3-4-10-26(24)29-19-21(13-15-27(25)29)31-17-18-32(35-31)22-14-16-34-30(20-22)28-11-5-6-12-33(28)36-34;1-2-10-24-22(8-1)23-9-3-4-11-25(23)29-20-21(16-17-26(24)29)32-18-19-33(36-32)28-13-7-15-31-34(28)27-12-5-6-14-30(27)35-31;1-2-9-25-23(7-1)24-8-3-4-10-26(24)29-19-21(13-15-27(25)29)33-17-18-34(36-33)22-14-16-32-30(20-22)28-11-5-6-12-31(28)35-32;1-2-10-24-22(8-1)23-9-3-4-11-25(23)29-20-21(16-17-26(24)29)30-18-19-32(35-30)28-13-7-15-33-34(28)27-12-5-6-14-31(27)36-33/h4*1-20H. The summed E-state index contributed by atoms with van der Waals surface area (Å²) in [5, 5.41) is 40.9. The molecular weight excluding hydrogens is 1830 g/mol. The Labute approximate surface area is 841 Å². The average Bonchev–Trinajstić information content (AvgIpc) is 1.15. The van der Waals surface area contributed by atoms with E-state index in [1.54, 1.807) is 0 Å². The summed E-state index contributed by atoms with van der Waals surface area (Å²) in [5.74, 6) is 1.71. The van der Waals surface area contributed by atoms with E-state index < -0.39 is 0 Å². The van der Waals surface area contributed by atoms with Crippen LogP contribution in [0.15, 0.2) is 503 Å². The molecule has 32 aromatic rings. The Balaban J connectivity index is 0.0000000913. The van der Waals surface area contributed by atoms with Crippen LogP contribution in [0.25, 0.3) is 301 Å². The Morgan fingerprint density at radius 1 is 0.118 bits per heavy atom. The molecule has 8 aromatic heterocycles. The molecule has 0 saturated carbocycles. The molecule has 0 amide bonds. The number of para-hydroxylation sites is 3. The molecule has 0 bridgehead atoms. The van der Waals surface area contributed by atoms with E-state index >= 15 is 0 Å². The van der Waals surface area contributed by atoms with Crippen molar-refractivity contribution in [3.8, 4) is 85.3 Å². The van der Waals surface area contributed by atoms with Crippen molar-refractivity contribution >= 4 is 261 Å². The van der Waals surface area contributed by atoms with Gasteiger partial charge in [-0.05, 0) is 297 Å². The van der Waals surface area contributed by atoms with Gasteiger partial charge in [-0.1, -0.05) is 340 Å². The van der Waals surface area contributed by atoms with Gasteiger partial charge in [-0.2, -0.15) is 0 Å². The first-order valence-corrected chi connectivity index (χ1v) is 52.0. The van der Waals surface area contributed by atoms with Crippen LogP contribution in [0.3, 0.4) is 0 Å². The highest BCUT2D eigenvalue weighted by molar-refractivity contribution is 7.26. The Morgan fingerprint density at radius 2 is 0.354 bits per heavy atom. The molecule has 32 rings (SSSR count). The van der Waals surface area contributed by atoms with Crippen molar-refractivity contribution in [1.29, 1.82) is 0 Å². The number of hydrogen-bond acceptors (Lipinski definition) is 8. The highest BCUT2D eigenvalue weighted by atomic mass is 32.1. The fourth-order valence-corrected chi connectivity index (χ4v) is 26.7. The van der Waals surface area contributed by atoms with Crippen LogP contribution in [0.2, 0.25) is 0 Å². The predicted molar refractivity (Wildman–Crippen MR) is 620 cm³/mol. The molecule has 0 aliphatic carbocycles. The molecule has 8 heterocycles. The number of benzene rings is 24. The third-order valence-corrected chi connectivity index (χ3v) is 33.9. The molecule has 0 atom stereocenters. The molecule has 0 N–H and O–H groups in total. The van der Waals surface area contributed by atoms with Crippen molar-refractivity contribution < 1.29 is 17.7 Å². The van der Waals surface area contributed by atoms with Gasteiger partial charge in [0.2, 0.25) is 0 Å². The van der Waals surface area contributed by atoms with Crippen LogP contribution in [0, 0.1) is 0 Å². The van der Waals surface area contributed by atoms with Gasteiger partial charge in [0.05, 0.1) is 0 Å². The normalized spacial score (nSPS) is 11.9. The molecule has 0 aliphatic heterocycles. The Morgan fingerprint density at radius 3 is 0.743 bits per heavy atom. The van der Waals surface area contributed by atoms with Crippen molar-refractivity contribution in [2.75, 3.05) is 0 Å². The van der Waals surface area contributed by atoms with Crippen LogP contribution in [0.1, 0.15) is 0 Å². The Hall–Kier alpha value is -17.6. The second kappa shape index (κ2) is 34.1. The maximum absolute atomic E-state index is 6.41. The smallest absolute Gasteiger partial charge is 0.136 e. The minimum absolute atomic E-state index is 0.848. The second-order valence-corrected chi connectivity index (χ2v) is 41.6. The molecule has 0 radical (unpaired) electrons. The number of furan rings is 4. The monoisotopic (exact) mass is 1900 g/mol. The Kier molecular flexibility index (Phi) is 19.8. The molecule has 0 spiro atoms. The molecule has 144 heavy (non-hydrogen) atoms. The lowest BCUT2D eigenvalue weighted by Gasteiger charge is -2.11. The zero-order valence-corrected chi connectivity index (χ0v) is 80.7. The van der Waals surface area contributed by atoms with Crippen molar-refractivity contribution in [3.63, 3.8) is 0 Å². The van der Waals surface area contributed by atoms with E-state index in [0.29, 0.717) is 0 Å². The maximum Gasteiger partial charge on any atom is 0.136 e. The lowest BCUT2D eigenvalue weighted by Crippen LogP contribution is -1.84. The molecule has 0 saturated heterocycles. The predicted octanol–water partition coefficient (Wildman–Crippen LogP) is 41.8. The van der Waals surface area contributed by atoms with E-state index in [2.05, 4.69) is 437 Å². The SMILES string of the molecule is c1ccc2c(c1)oc1ccc(-c3ccc(-c4ccc5c6ccccc6c6ccccc6c5c4)o3)cc12.c1ccc2c(c1)oc1ccc(-c3ccc(-c4ccc5c6ccccc6c6ccccc6c5c4)s3)cc12.c1ccc2c(c1)oc1cccc(-c3ccc(-c4ccc5c6ccccc6c6ccccc6c5c4)s3)c12.c1ccc2c(c1)sc1cccc(-c3ccc(-c4ccc5c6ccccc6c6ccccc6c5c4)s3)c12. The third kappa shape index (κ3) is 14.0. The van der Waals surface area contributed by atoms with Gasteiger partial charge in [0.15, 0.2) is 0 Å². The maximum atomic E-state index is 6.41. The van der Waals surface area contributed by atoms with Crippen LogP contribution < -0.4 is 0 Å². The summed E-state index contributed by atoms with van der Waals surface area (Å²) < 4.78 is 27.3. The van der Waals surface area contributed by atoms with Crippen molar-refractivity contribution in [2.45, 2.75) is 0 Å². The zero-order valence-electron chi connectivity index (χ0n) is 77.5. The van der Waals surface area contributed by atoms with Gasteiger partial charge in [0.1, 0.15) is 45.0 Å². The van der Waals surface area contributed by atoms with Crippen LogP contribution in [-0.4, -0.2) is 0 Å². The molecular formula is C136H80O4S4. The average molecular weight is 1910 g/mol. The molecule has 0 fully saturated rings.